The Morgan fingerprint density at radius 1 is 0.659 bits per heavy atom. The number of carbonyl (C=O) groups is 1. The fraction of sp³-hybridized carbons (Fsp3) is 0.971. The van der Waals surface area contributed by atoms with E-state index in [9.17, 15) is 4.79 Å². The van der Waals surface area contributed by atoms with E-state index in [1.807, 2.05) is 20.8 Å². The number of amides is 1. The maximum atomic E-state index is 12.0. The van der Waals surface area contributed by atoms with E-state index in [0.717, 1.165) is 51.5 Å². The van der Waals surface area contributed by atoms with E-state index in [4.69, 9.17) is 0 Å². The number of hydrogen-bond donors (Lipinski definition) is 3. The van der Waals surface area contributed by atoms with E-state index in [0.29, 0.717) is 11.5 Å². The highest BCUT2D eigenvalue weighted by Gasteiger charge is 2.26. The summed E-state index contributed by atoms with van der Waals surface area (Å²) >= 11 is 0. The van der Waals surface area contributed by atoms with Crippen molar-refractivity contribution in [1.29, 1.82) is 0 Å². The summed E-state index contributed by atoms with van der Waals surface area (Å²) in [5.74, 6) is 1.16. The summed E-state index contributed by atoms with van der Waals surface area (Å²) in [5.41, 5.74) is 0.704. The van der Waals surface area contributed by atoms with Gasteiger partial charge in [0.15, 0.2) is 0 Å². The largest absolute Gasteiger partial charge is 0.353 e. The van der Waals surface area contributed by atoms with Gasteiger partial charge in [-0.2, -0.15) is 0 Å². The Morgan fingerprint density at radius 2 is 1.07 bits per heavy atom. The van der Waals surface area contributed by atoms with E-state index in [1.54, 1.807) is 0 Å². The van der Waals surface area contributed by atoms with E-state index < -0.39 is 0 Å². The van der Waals surface area contributed by atoms with E-state index in [-0.39, 0.29) is 22.4 Å². The lowest BCUT2D eigenvalue weighted by molar-refractivity contribution is -0.129. The lowest BCUT2D eigenvalue weighted by Crippen LogP contribution is -2.48. The molecular formula is C35H73N5O. The zero-order valence-electron chi connectivity index (χ0n) is 29.8. The number of rotatable bonds is 11. The van der Waals surface area contributed by atoms with Crippen LogP contribution in [0.15, 0.2) is 0 Å². The van der Waals surface area contributed by atoms with Gasteiger partial charge in [0.1, 0.15) is 0 Å². The van der Waals surface area contributed by atoms with Crippen molar-refractivity contribution in [1.82, 2.24) is 25.8 Å². The highest BCUT2D eigenvalue weighted by atomic mass is 16.2. The molecule has 0 aromatic carbocycles. The summed E-state index contributed by atoms with van der Waals surface area (Å²) in [6.45, 7) is 35.9. The van der Waals surface area contributed by atoms with Crippen LogP contribution in [0.1, 0.15) is 134 Å². The van der Waals surface area contributed by atoms with Gasteiger partial charge in [-0.1, -0.05) is 41.5 Å². The smallest absolute Gasteiger partial charge is 0.225 e. The topological polar surface area (TPSA) is 59.6 Å². The normalized spacial score (nSPS) is 19.1. The summed E-state index contributed by atoms with van der Waals surface area (Å²) < 4.78 is 0. The van der Waals surface area contributed by atoms with Crippen molar-refractivity contribution < 1.29 is 4.79 Å². The van der Waals surface area contributed by atoms with Crippen LogP contribution in [0.4, 0.5) is 0 Å². The summed E-state index contributed by atoms with van der Waals surface area (Å²) in [6.07, 6.45) is 10.3. The van der Waals surface area contributed by atoms with Gasteiger partial charge >= 0.3 is 0 Å². The second kappa shape index (κ2) is 17.6. The van der Waals surface area contributed by atoms with Gasteiger partial charge in [-0.15, -0.1) is 0 Å². The lowest BCUT2D eigenvalue weighted by Gasteiger charge is -2.34. The van der Waals surface area contributed by atoms with Crippen LogP contribution in [-0.2, 0) is 4.79 Å². The minimum Gasteiger partial charge on any atom is -0.353 e. The van der Waals surface area contributed by atoms with Gasteiger partial charge in [0, 0.05) is 35.6 Å². The Balaban J connectivity index is 0.000000410. The molecule has 0 aromatic rings. The van der Waals surface area contributed by atoms with Crippen molar-refractivity contribution >= 4 is 5.91 Å². The second-order valence-electron chi connectivity index (χ2n) is 17.3. The first-order chi connectivity index (χ1) is 18.7. The van der Waals surface area contributed by atoms with E-state index >= 15 is 0 Å². The number of carbonyl (C=O) groups excluding carboxylic acids is 1. The maximum Gasteiger partial charge on any atom is 0.225 e. The SMILES string of the molecule is CC(C)(C)CCC1CCN(CCCNC(C)(C)C)CC1.CC(C)(C)NCCCN1CCC(NC(=O)C(C)(C)C)CC1. The summed E-state index contributed by atoms with van der Waals surface area (Å²) in [7, 11) is 0. The van der Waals surface area contributed by atoms with Crippen molar-refractivity contribution in [3.63, 3.8) is 0 Å². The molecule has 2 rings (SSSR count). The average Bonchev–Trinajstić information content (AvgIpc) is 2.83. The zero-order chi connectivity index (χ0) is 31.3. The quantitative estimate of drug-likeness (QED) is 0.238. The van der Waals surface area contributed by atoms with Gasteiger partial charge in [0.2, 0.25) is 5.91 Å². The van der Waals surface area contributed by atoms with Crippen LogP contribution in [0.5, 0.6) is 0 Å². The third-order valence-corrected chi connectivity index (χ3v) is 8.23. The molecule has 0 spiro atoms. The molecule has 2 fully saturated rings. The van der Waals surface area contributed by atoms with Crippen molar-refractivity contribution in [3.8, 4) is 0 Å². The summed E-state index contributed by atoms with van der Waals surface area (Å²) in [5, 5.41) is 10.3. The Morgan fingerprint density at radius 3 is 1.44 bits per heavy atom. The third kappa shape index (κ3) is 20.8. The first-order valence-corrected chi connectivity index (χ1v) is 17.0. The van der Waals surface area contributed by atoms with Crippen LogP contribution in [0.2, 0.25) is 0 Å². The van der Waals surface area contributed by atoms with Gasteiger partial charge in [0.25, 0.3) is 0 Å². The van der Waals surface area contributed by atoms with Crippen molar-refractivity contribution in [3.05, 3.63) is 0 Å². The molecular weight excluding hydrogens is 506 g/mol. The van der Waals surface area contributed by atoms with Crippen LogP contribution in [-0.4, -0.2) is 85.2 Å². The van der Waals surface area contributed by atoms with Crippen LogP contribution in [0.25, 0.3) is 0 Å². The van der Waals surface area contributed by atoms with Crippen LogP contribution in [0.3, 0.4) is 0 Å². The van der Waals surface area contributed by atoms with Gasteiger partial charge in [-0.25, -0.2) is 0 Å². The predicted octanol–water partition coefficient (Wildman–Crippen LogP) is 6.69. The molecule has 0 aliphatic carbocycles. The highest BCUT2D eigenvalue weighted by molar-refractivity contribution is 5.81. The fourth-order valence-electron chi connectivity index (χ4n) is 5.37. The number of hydrogen-bond acceptors (Lipinski definition) is 5. The van der Waals surface area contributed by atoms with Crippen molar-refractivity contribution in [2.24, 2.45) is 16.7 Å². The molecule has 0 saturated carbocycles. The Hall–Kier alpha value is -0.690. The molecule has 2 heterocycles. The zero-order valence-corrected chi connectivity index (χ0v) is 29.8. The molecule has 2 saturated heterocycles. The van der Waals surface area contributed by atoms with Gasteiger partial charge in [-0.05, 0) is 144 Å². The van der Waals surface area contributed by atoms with Crippen LogP contribution < -0.4 is 16.0 Å². The van der Waals surface area contributed by atoms with Crippen molar-refractivity contribution in [2.75, 3.05) is 52.4 Å². The highest BCUT2D eigenvalue weighted by Crippen LogP contribution is 2.28. The molecule has 244 valence electrons. The summed E-state index contributed by atoms with van der Waals surface area (Å²) in [4.78, 5) is 17.2. The molecule has 1 amide bonds. The number of nitrogens with zero attached hydrogens (tertiary/aromatic N) is 2. The molecule has 0 bridgehead atoms. The lowest BCUT2D eigenvalue weighted by atomic mass is 9.83. The molecule has 0 radical (unpaired) electrons. The first kappa shape index (κ1) is 38.3. The minimum atomic E-state index is -0.282. The Bertz CT molecular complexity index is 694. The van der Waals surface area contributed by atoms with Crippen molar-refractivity contribution in [2.45, 2.75) is 152 Å². The first-order valence-electron chi connectivity index (χ1n) is 17.0. The van der Waals surface area contributed by atoms with Gasteiger partial charge in [-0.3, -0.25) is 4.79 Å². The Labute approximate surface area is 256 Å². The molecule has 0 aromatic heterocycles. The number of likely N-dealkylation sites (tertiary alicyclic amines) is 2. The number of piperidine rings is 2. The monoisotopic (exact) mass is 580 g/mol. The number of nitrogens with one attached hydrogen (secondary N) is 3. The van der Waals surface area contributed by atoms with E-state index in [2.05, 4.69) is 88.1 Å². The molecule has 41 heavy (non-hydrogen) atoms. The second-order valence-corrected chi connectivity index (χ2v) is 17.3. The minimum absolute atomic E-state index is 0.176. The van der Waals surface area contributed by atoms with Gasteiger partial charge in [0.05, 0.1) is 0 Å². The molecule has 6 nitrogen and oxygen atoms in total. The Kier molecular flexibility index (Phi) is 16.4. The maximum absolute atomic E-state index is 12.0. The third-order valence-electron chi connectivity index (χ3n) is 8.23. The van der Waals surface area contributed by atoms with Crippen LogP contribution in [0, 0.1) is 16.7 Å². The standard InChI is InChI=1S/C18H38N2.C17H35N3O/c1-17(2,3)11-8-16-9-14-20(15-10-16)13-7-12-19-18(4,5)6;1-16(2,3)15(21)19-14-8-12-20(13-9-14)11-7-10-18-17(4,5)6/h16,19H,7-15H2,1-6H3;14,18H,7-13H2,1-6H3,(H,19,21). The average molecular weight is 580 g/mol. The molecule has 0 atom stereocenters. The van der Waals surface area contributed by atoms with E-state index in [1.165, 1.54) is 58.2 Å². The molecule has 6 heteroatoms. The predicted molar refractivity (Wildman–Crippen MR) is 180 cm³/mol. The molecule has 2 aliphatic heterocycles. The van der Waals surface area contributed by atoms with Gasteiger partial charge < -0.3 is 25.8 Å². The molecule has 2 aliphatic rings. The fourth-order valence-corrected chi connectivity index (χ4v) is 5.37. The summed E-state index contributed by atoms with van der Waals surface area (Å²) in [6, 6.07) is 0.362. The van der Waals surface area contributed by atoms with Crippen LogP contribution >= 0.6 is 0 Å². The molecule has 3 N–H and O–H groups in total. The molecule has 0 unspecified atom stereocenters.